The predicted molar refractivity (Wildman–Crippen MR) is 130 cm³/mol. The van der Waals surface area contributed by atoms with Gasteiger partial charge in [-0.25, -0.2) is 9.59 Å². The van der Waals surface area contributed by atoms with Gasteiger partial charge in [0.15, 0.2) is 0 Å². The van der Waals surface area contributed by atoms with Crippen LogP contribution < -0.4 is 10.6 Å². The number of hydrogen-bond acceptors (Lipinski definition) is 5. The summed E-state index contributed by atoms with van der Waals surface area (Å²) < 4.78 is 5.56. The van der Waals surface area contributed by atoms with Gasteiger partial charge < -0.3 is 25.4 Å². The van der Waals surface area contributed by atoms with Crippen molar-refractivity contribution in [3.63, 3.8) is 0 Å². The molecular formula is C26H33N3O5. The lowest BCUT2D eigenvalue weighted by Gasteiger charge is -2.21. The molecule has 0 radical (unpaired) electrons. The van der Waals surface area contributed by atoms with Gasteiger partial charge in [0.25, 0.3) is 0 Å². The number of nitrogens with one attached hydrogen (secondary N) is 2. The monoisotopic (exact) mass is 467 g/mol. The summed E-state index contributed by atoms with van der Waals surface area (Å²) in [4.78, 5) is 38.2. The molecule has 3 rings (SSSR count). The molecule has 1 aliphatic carbocycles. The zero-order valence-electron chi connectivity index (χ0n) is 19.9. The molecule has 0 heterocycles. The van der Waals surface area contributed by atoms with Crippen molar-refractivity contribution in [1.82, 2.24) is 15.5 Å². The average molecular weight is 468 g/mol. The van der Waals surface area contributed by atoms with E-state index in [1.54, 1.807) is 0 Å². The number of aliphatic carboxylic acids is 1. The summed E-state index contributed by atoms with van der Waals surface area (Å²) >= 11 is 0. The molecule has 1 aliphatic rings. The van der Waals surface area contributed by atoms with Gasteiger partial charge in [-0.15, -0.1) is 0 Å². The third-order valence-corrected chi connectivity index (χ3v) is 6.09. The lowest BCUT2D eigenvalue weighted by atomic mass is 9.98. The van der Waals surface area contributed by atoms with Gasteiger partial charge in [-0.2, -0.15) is 0 Å². The maximum absolute atomic E-state index is 12.5. The van der Waals surface area contributed by atoms with Crippen molar-refractivity contribution in [2.75, 3.05) is 27.2 Å². The molecule has 34 heavy (non-hydrogen) atoms. The lowest BCUT2D eigenvalue weighted by molar-refractivity contribution is -0.142. The average Bonchev–Trinajstić information content (AvgIpc) is 3.13. The maximum Gasteiger partial charge on any atom is 0.407 e. The topological polar surface area (TPSA) is 108 Å². The first-order valence-corrected chi connectivity index (χ1v) is 11.6. The number of rotatable bonds is 11. The van der Waals surface area contributed by atoms with Crippen LogP contribution in [-0.2, 0) is 14.3 Å². The summed E-state index contributed by atoms with van der Waals surface area (Å²) in [6.45, 7) is 2.57. The second-order valence-corrected chi connectivity index (χ2v) is 8.83. The van der Waals surface area contributed by atoms with E-state index in [4.69, 9.17) is 4.74 Å². The first-order chi connectivity index (χ1) is 16.3. The number of fused-ring (bicyclic) bond motifs is 3. The Labute approximate surface area is 200 Å². The summed E-state index contributed by atoms with van der Waals surface area (Å²) in [5, 5.41) is 14.7. The van der Waals surface area contributed by atoms with Crippen molar-refractivity contribution in [2.24, 2.45) is 0 Å². The third-order valence-electron chi connectivity index (χ3n) is 6.09. The van der Waals surface area contributed by atoms with Crippen LogP contribution in [0, 0.1) is 0 Å². The molecule has 2 aromatic carbocycles. The van der Waals surface area contributed by atoms with Gasteiger partial charge in [0, 0.05) is 24.9 Å². The molecule has 2 aromatic rings. The Bertz CT molecular complexity index is 978. The summed E-state index contributed by atoms with van der Waals surface area (Å²) in [6.07, 6.45) is 0.188. The summed E-state index contributed by atoms with van der Waals surface area (Å²) in [6, 6.07) is 14.8. The second-order valence-electron chi connectivity index (χ2n) is 8.83. The fourth-order valence-electron chi connectivity index (χ4n) is 4.23. The molecule has 3 N–H and O–H groups in total. The van der Waals surface area contributed by atoms with Gasteiger partial charge in [-0.05, 0) is 49.2 Å². The van der Waals surface area contributed by atoms with Crippen LogP contribution in [0.15, 0.2) is 48.5 Å². The van der Waals surface area contributed by atoms with E-state index in [9.17, 15) is 19.5 Å². The van der Waals surface area contributed by atoms with E-state index in [0.717, 1.165) is 22.3 Å². The Balaban J connectivity index is 1.54. The number of carbonyl (C=O) groups excluding carboxylic acids is 2. The standard InChI is InChI=1S/C26H33N3O5/c1-4-17(15-24(30)28-23(25(31)32)13-14-29(2)3)27-26(33)34-16-22-20-11-7-5-9-18(20)19-10-6-8-12-21(19)22/h5-12,17,22-23H,4,13-16H2,1-3H3,(H,27,33)(H,28,30)(H,31,32). The molecule has 182 valence electrons. The molecule has 2 amide bonds. The number of hydrogen-bond donors (Lipinski definition) is 3. The van der Waals surface area contributed by atoms with Crippen LogP contribution in [0.1, 0.15) is 43.2 Å². The fraction of sp³-hybridized carbons (Fsp3) is 0.423. The Kier molecular flexibility index (Phi) is 8.65. The lowest BCUT2D eigenvalue weighted by Crippen LogP contribution is -2.45. The van der Waals surface area contributed by atoms with E-state index < -0.39 is 30.1 Å². The van der Waals surface area contributed by atoms with Crippen molar-refractivity contribution < 1.29 is 24.2 Å². The van der Waals surface area contributed by atoms with Crippen LogP contribution in [0.4, 0.5) is 4.79 Å². The molecule has 0 bridgehead atoms. The number of carboxylic acids is 1. The number of alkyl carbamates (subject to hydrolysis) is 1. The van der Waals surface area contributed by atoms with Crippen LogP contribution in [-0.4, -0.2) is 67.3 Å². The number of carboxylic acid groups (broad SMARTS) is 1. The molecule has 0 saturated heterocycles. The van der Waals surface area contributed by atoms with Gasteiger partial charge in [-0.3, -0.25) is 4.79 Å². The summed E-state index contributed by atoms with van der Waals surface area (Å²) in [5.74, 6) is -1.54. The van der Waals surface area contributed by atoms with E-state index in [1.807, 2.05) is 50.2 Å². The van der Waals surface area contributed by atoms with Crippen LogP contribution in [0.5, 0.6) is 0 Å². The maximum atomic E-state index is 12.5. The van der Waals surface area contributed by atoms with Crippen molar-refractivity contribution in [3.8, 4) is 11.1 Å². The molecule has 8 nitrogen and oxygen atoms in total. The third kappa shape index (κ3) is 6.35. The van der Waals surface area contributed by atoms with Crippen molar-refractivity contribution in [2.45, 2.75) is 44.2 Å². The minimum atomic E-state index is -1.08. The molecule has 2 unspecified atom stereocenters. The first kappa shape index (κ1) is 25.2. The highest BCUT2D eigenvalue weighted by atomic mass is 16.5. The molecular weight excluding hydrogens is 434 g/mol. The minimum absolute atomic E-state index is 0.0214. The largest absolute Gasteiger partial charge is 0.480 e. The Morgan fingerprint density at radius 2 is 1.59 bits per heavy atom. The second kappa shape index (κ2) is 11.7. The molecule has 8 heteroatoms. The highest BCUT2D eigenvalue weighted by Crippen LogP contribution is 2.44. The Morgan fingerprint density at radius 3 is 2.12 bits per heavy atom. The molecule has 0 aromatic heterocycles. The molecule has 0 saturated carbocycles. The van der Waals surface area contributed by atoms with Gasteiger partial charge in [0.2, 0.25) is 5.91 Å². The van der Waals surface area contributed by atoms with Crippen LogP contribution in [0.2, 0.25) is 0 Å². The van der Waals surface area contributed by atoms with Gasteiger partial charge in [0.1, 0.15) is 12.6 Å². The number of ether oxygens (including phenoxy) is 1. The van der Waals surface area contributed by atoms with Crippen LogP contribution >= 0.6 is 0 Å². The normalized spacial score (nSPS) is 14.1. The first-order valence-electron chi connectivity index (χ1n) is 11.6. The van der Waals surface area contributed by atoms with Crippen molar-refractivity contribution in [3.05, 3.63) is 59.7 Å². The molecule has 0 spiro atoms. The zero-order valence-corrected chi connectivity index (χ0v) is 19.9. The predicted octanol–water partition coefficient (Wildman–Crippen LogP) is 3.21. The van der Waals surface area contributed by atoms with Gasteiger partial charge in [-0.1, -0.05) is 55.5 Å². The highest BCUT2D eigenvalue weighted by Gasteiger charge is 2.29. The summed E-state index contributed by atoms with van der Waals surface area (Å²) in [7, 11) is 3.68. The van der Waals surface area contributed by atoms with Crippen LogP contribution in [0.25, 0.3) is 11.1 Å². The van der Waals surface area contributed by atoms with E-state index >= 15 is 0 Å². The molecule has 0 fully saturated rings. The molecule has 0 aliphatic heterocycles. The number of amides is 2. The van der Waals surface area contributed by atoms with E-state index in [0.29, 0.717) is 19.4 Å². The van der Waals surface area contributed by atoms with E-state index in [-0.39, 0.29) is 18.9 Å². The van der Waals surface area contributed by atoms with Crippen molar-refractivity contribution in [1.29, 1.82) is 0 Å². The number of nitrogens with zero attached hydrogens (tertiary/aromatic N) is 1. The zero-order chi connectivity index (χ0) is 24.7. The SMILES string of the molecule is CCC(CC(=O)NC(CCN(C)C)C(=O)O)NC(=O)OCC1c2ccccc2-c2ccccc21. The number of carbonyl (C=O) groups is 3. The smallest absolute Gasteiger partial charge is 0.407 e. The summed E-state index contributed by atoms with van der Waals surface area (Å²) in [5.41, 5.74) is 4.55. The fourth-order valence-corrected chi connectivity index (χ4v) is 4.23. The van der Waals surface area contributed by atoms with Crippen LogP contribution in [0.3, 0.4) is 0 Å². The number of benzene rings is 2. The van der Waals surface area contributed by atoms with E-state index in [1.165, 1.54) is 0 Å². The minimum Gasteiger partial charge on any atom is -0.480 e. The highest BCUT2D eigenvalue weighted by molar-refractivity contribution is 5.84. The van der Waals surface area contributed by atoms with Gasteiger partial charge in [0.05, 0.1) is 0 Å². The Hall–Kier alpha value is -3.39. The van der Waals surface area contributed by atoms with E-state index in [2.05, 4.69) is 34.9 Å². The quantitative estimate of drug-likeness (QED) is 0.468. The Morgan fingerprint density at radius 1 is 1.00 bits per heavy atom. The van der Waals surface area contributed by atoms with Gasteiger partial charge >= 0.3 is 12.1 Å². The van der Waals surface area contributed by atoms with Crippen molar-refractivity contribution >= 4 is 18.0 Å². The molecule has 2 atom stereocenters.